The van der Waals surface area contributed by atoms with Crippen molar-refractivity contribution in [1.82, 2.24) is 4.90 Å². The summed E-state index contributed by atoms with van der Waals surface area (Å²) in [6, 6.07) is 0. The van der Waals surface area contributed by atoms with Gasteiger partial charge in [-0.3, -0.25) is 9.59 Å². The van der Waals surface area contributed by atoms with Gasteiger partial charge in [-0.2, -0.15) is 0 Å². The number of hydrogen-bond donors (Lipinski definition) is 1. The molecule has 0 bridgehead atoms. The number of rotatable bonds is 3. The number of nitrogens with two attached hydrogens (primary N) is 1. The van der Waals surface area contributed by atoms with Crippen molar-refractivity contribution in [1.29, 1.82) is 0 Å². The molecule has 0 saturated carbocycles. The molecule has 4 nitrogen and oxygen atoms in total. The van der Waals surface area contributed by atoms with E-state index in [0.29, 0.717) is 6.42 Å². The van der Waals surface area contributed by atoms with E-state index in [1.807, 2.05) is 6.92 Å². The van der Waals surface area contributed by atoms with E-state index in [0.717, 1.165) is 12.8 Å². The largest absolute Gasteiger partial charge is 0.370 e. The highest BCUT2D eigenvalue weighted by molar-refractivity contribution is 5.73. The molecule has 0 aliphatic rings. The molecule has 0 aromatic heterocycles. The van der Waals surface area contributed by atoms with Crippen LogP contribution in [0, 0.1) is 0 Å². The lowest BCUT2D eigenvalue weighted by Gasteiger charge is -1.93. The summed E-state index contributed by atoms with van der Waals surface area (Å²) in [5.41, 5.74) is 4.76. The average Bonchev–Trinajstić information content (AvgIpc) is 1.89. The molecule has 66 valence electrons. The maximum atomic E-state index is 9.82. The molecule has 2 amide bonds. The summed E-state index contributed by atoms with van der Waals surface area (Å²) in [5.74, 6) is -0.211. The van der Waals surface area contributed by atoms with Crippen LogP contribution in [-0.4, -0.2) is 31.3 Å². The Bertz CT molecular complexity index is 113. The molecule has 0 saturated heterocycles. The Morgan fingerprint density at radius 2 is 1.91 bits per heavy atom. The molecule has 2 N–H and O–H groups in total. The molecule has 0 fully saturated rings. The topological polar surface area (TPSA) is 63.4 Å². The summed E-state index contributed by atoms with van der Waals surface area (Å²) >= 11 is 0. The maximum Gasteiger partial charge on any atom is 0.217 e. The molecule has 0 aliphatic carbocycles. The van der Waals surface area contributed by atoms with E-state index in [-0.39, 0.29) is 5.91 Å². The van der Waals surface area contributed by atoms with Gasteiger partial charge in [0.1, 0.15) is 0 Å². The second kappa shape index (κ2) is 8.94. The summed E-state index contributed by atoms with van der Waals surface area (Å²) in [6.45, 7) is 1.92. The molecular weight excluding hydrogens is 144 g/mol. The van der Waals surface area contributed by atoms with Gasteiger partial charge in [0.25, 0.3) is 0 Å². The third kappa shape index (κ3) is 27.7. The van der Waals surface area contributed by atoms with E-state index in [1.54, 1.807) is 14.1 Å². The van der Waals surface area contributed by atoms with Crippen molar-refractivity contribution in [2.24, 2.45) is 5.73 Å². The fourth-order valence-corrected chi connectivity index (χ4v) is 0.246. The first-order valence-corrected chi connectivity index (χ1v) is 3.44. The van der Waals surface area contributed by atoms with Crippen molar-refractivity contribution in [3.05, 3.63) is 0 Å². The summed E-state index contributed by atoms with van der Waals surface area (Å²) < 4.78 is 0. The second-order valence-corrected chi connectivity index (χ2v) is 2.29. The van der Waals surface area contributed by atoms with E-state index >= 15 is 0 Å². The summed E-state index contributed by atoms with van der Waals surface area (Å²) in [5, 5.41) is 0. The van der Waals surface area contributed by atoms with E-state index in [9.17, 15) is 9.59 Å². The van der Waals surface area contributed by atoms with E-state index < -0.39 is 0 Å². The van der Waals surface area contributed by atoms with Crippen LogP contribution in [0.1, 0.15) is 19.8 Å². The van der Waals surface area contributed by atoms with Crippen LogP contribution in [0.4, 0.5) is 0 Å². The molecule has 0 unspecified atom stereocenters. The fourth-order valence-electron chi connectivity index (χ4n) is 0.246. The van der Waals surface area contributed by atoms with Crippen molar-refractivity contribution >= 4 is 12.3 Å². The Morgan fingerprint density at radius 3 is 1.91 bits per heavy atom. The van der Waals surface area contributed by atoms with Gasteiger partial charge < -0.3 is 10.6 Å². The van der Waals surface area contributed by atoms with Crippen LogP contribution in [-0.2, 0) is 9.59 Å². The van der Waals surface area contributed by atoms with Crippen molar-refractivity contribution < 1.29 is 9.59 Å². The normalized spacial score (nSPS) is 7.55. The molecule has 0 radical (unpaired) electrons. The molecule has 0 spiro atoms. The molecule has 4 heteroatoms. The fraction of sp³-hybridized carbons (Fsp3) is 0.714. The Morgan fingerprint density at radius 1 is 1.55 bits per heavy atom. The SMILES string of the molecule is CCCC(N)=O.CN(C)C=O. The molecule has 11 heavy (non-hydrogen) atoms. The van der Waals surface area contributed by atoms with Gasteiger partial charge in [0.2, 0.25) is 12.3 Å². The standard InChI is InChI=1S/C4H9NO.C3H7NO/c1-2-3-4(5)6;1-4(2)3-5/h2-3H2,1H3,(H2,5,6);3H,1-2H3. The lowest BCUT2D eigenvalue weighted by molar-refractivity contribution is -0.118. The highest BCUT2D eigenvalue weighted by Gasteiger charge is 1.84. The van der Waals surface area contributed by atoms with Crippen molar-refractivity contribution in [3.63, 3.8) is 0 Å². The number of amides is 2. The maximum absolute atomic E-state index is 9.82. The Balaban J connectivity index is 0. The van der Waals surface area contributed by atoms with Gasteiger partial charge in [0.15, 0.2) is 0 Å². The lowest BCUT2D eigenvalue weighted by Crippen LogP contribution is -2.08. The molecular formula is C7H16N2O2. The van der Waals surface area contributed by atoms with Crippen LogP contribution in [0.25, 0.3) is 0 Å². The van der Waals surface area contributed by atoms with Crippen molar-refractivity contribution in [3.8, 4) is 0 Å². The first-order chi connectivity index (χ1) is 5.04. The number of primary amides is 1. The quantitative estimate of drug-likeness (QED) is 0.589. The predicted molar refractivity (Wildman–Crippen MR) is 43.9 cm³/mol. The molecule has 0 atom stereocenters. The molecule has 0 rings (SSSR count). The minimum atomic E-state index is -0.211. The zero-order valence-corrected chi connectivity index (χ0v) is 7.33. The summed E-state index contributed by atoms with van der Waals surface area (Å²) in [4.78, 5) is 20.7. The Hall–Kier alpha value is -1.06. The number of hydrogen-bond acceptors (Lipinski definition) is 2. The first-order valence-electron chi connectivity index (χ1n) is 3.44. The monoisotopic (exact) mass is 160 g/mol. The third-order valence-corrected chi connectivity index (χ3v) is 0.707. The van der Waals surface area contributed by atoms with Crippen LogP contribution in [0.2, 0.25) is 0 Å². The highest BCUT2D eigenvalue weighted by Crippen LogP contribution is 1.79. The van der Waals surface area contributed by atoms with Crippen molar-refractivity contribution in [2.45, 2.75) is 19.8 Å². The smallest absolute Gasteiger partial charge is 0.217 e. The Labute approximate surface area is 67.4 Å². The van der Waals surface area contributed by atoms with Gasteiger partial charge in [-0.1, -0.05) is 6.92 Å². The van der Waals surface area contributed by atoms with Crippen LogP contribution in [0.3, 0.4) is 0 Å². The van der Waals surface area contributed by atoms with Gasteiger partial charge in [0, 0.05) is 20.5 Å². The third-order valence-electron chi connectivity index (χ3n) is 0.707. The Kier molecular flexibility index (Phi) is 10.2. The average molecular weight is 160 g/mol. The first kappa shape index (κ1) is 12.6. The number of nitrogens with zero attached hydrogens (tertiary/aromatic N) is 1. The summed E-state index contributed by atoms with van der Waals surface area (Å²) in [7, 11) is 3.38. The number of carbonyl (C=O) groups is 2. The van der Waals surface area contributed by atoms with Gasteiger partial charge in [-0.25, -0.2) is 0 Å². The molecule has 0 aromatic rings. The van der Waals surface area contributed by atoms with E-state index in [1.165, 1.54) is 4.90 Å². The zero-order valence-electron chi connectivity index (χ0n) is 7.33. The van der Waals surface area contributed by atoms with Crippen LogP contribution < -0.4 is 5.73 Å². The minimum Gasteiger partial charge on any atom is -0.370 e. The predicted octanol–water partition coefficient (Wildman–Crippen LogP) is -0.0238. The van der Waals surface area contributed by atoms with Gasteiger partial charge in [-0.15, -0.1) is 0 Å². The van der Waals surface area contributed by atoms with Gasteiger partial charge >= 0.3 is 0 Å². The van der Waals surface area contributed by atoms with E-state index in [2.05, 4.69) is 0 Å². The van der Waals surface area contributed by atoms with Crippen molar-refractivity contribution in [2.75, 3.05) is 14.1 Å². The van der Waals surface area contributed by atoms with Crippen LogP contribution in [0.15, 0.2) is 0 Å². The lowest BCUT2D eigenvalue weighted by atomic mass is 10.3. The van der Waals surface area contributed by atoms with E-state index in [4.69, 9.17) is 5.73 Å². The van der Waals surface area contributed by atoms with Crippen LogP contribution >= 0.6 is 0 Å². The molecule has 0 heterocycles. The summed E-state index contributed by atoms with van der Waals surface area (Å²) in [6.07, 6.45) is 2.12. The molecule has 0 aliphatic heterocycles. The highest BCUT2D eigenvalue weighted by atomic mass is 16.1. The van der Waals surface area contributed by atoms with Gasteiger partial charge in [0.05, 0.1) is 0 Å². The second-order valence-electron chi connectivity index (χ2n) is 2.29. The van der Waals surface area contributed by atoms with Gasteiger partial charge in [-0.05, 0) is 6.42 Å². The number of carbonyl (C=O) groups excluding carboxylic acids is 2. The zero-order chi connectivity index (χ0) is 9.28. The minimum absolute atomic E-state index is 0.211. The molecule has 0 aromatic carbocycles. The van der Waals surface area contributed by atoms with Crippen LogP contribution in [0.5, 0.6) is 0 Å².